The van der Waals surface area contributed by atoms with E-state index in [4.69, 9.17) is 4.74 Å². The van der Waals surface area contributed by atoms with Crippen molar-refractivity contribution >= 4 is 37.7 Å². The van der Waals surface area contributed by atoms with Gasteiger partial charge in [0.05, 0.1) is 12.0 Å². The van der Waals surface area contributed by atoms with Crippen molar-refractivity contribution in [2.45, 2.75) is 10.6 Å². The molecule has 0 aliphatic heterocycles. The van der Waals surface area contributed by atoms with Crippen molar-refractivity contribution < 1.29 is 13.2 Å². The van der Waals surface area contributed by atoms with E-state index in [1.165, 1.54) is 17.7 Å². The van der Waals surface area contributed by atoms with Gasteiger partial charge in [0.2, 0.25) is 10.0 Å². The first-order chi connectivity index (χ1) is 11.0. The molecule has 0 heterocycles. The van der Waals surface area contributed by atoms with Crippen molar-refractivity contribution in [3.8, 4) is 5.75 Å². The van der Waals surface area contributed by atoms with Crippen LogP contribution in [-0.4, -0.2) is 27.8 Å². The predicted octanol–water partition coefficient (Wildman–Crippen LogP) is 3.67. The fourth-order valence-electron chi connectivity index (χ4n) is 1.88. The Morgan fingerprint density at radius 2 is 1.83 bits per heavy atom. The summed E-state index contributed by atoms with van der Waals surface area (Å²) in [5.41, 5.74) is 1.20. The first-order valence-electron chi connectivity index (χ1n) is 6.98. The van der Waals surface area contributed by atoms with Gasteiger partial charge in [-0.2, -0.15) is 11.8 Å². The maximum absolute atomic E-state index is 12.2. The average Bonchev–Trinajstić information content (AvgIpc) is 2.56. The SMILES string of the molecule is COc1ccc(S(=O)(=O)NCCSCc2ccccc2Br)cc1. The first kappa shape index (κ1) is 18.3. The van der Waals surface area contributed by atoms with E-state index in [-0.39, 0.29) is 4.90 Å². The molecule has 23 heavy (non-hydrogen) atoms. The molecule has 0 radical (unpaired) electrons. The van der Waals surface area contributed by atoms with E-state index in [1.807, 2.05) is 18.2 Å². The lowest BCUT2D eigenvalue weighted by atomic mass is 10.2. The van der Waals surface area contributed by atoms with Crippen LogP contribution in [0.3, 0.4) is 0 Å². The summed E-state index contributed by atoms with van der Waals surface area (Å²) < 4.78 is 33.0. The number of nitrogens with one attached hydrogen (secondary N) is 1. The van der Waals surface area contributed by atoms with Gasteiger partial charge in [-0.1, -0.05) is 34.1 Å². The lowest BCUT2D eigenvalue weighted by Gasteiger charge is -2.08. The van der Waals surface area contributed by atoms with Gasteiger partial charge >= 0.3 is 0 Å². The maximum atomic E-state index is 12.2. The molecule has 7 heteroatoms. The number of benzene rings is 2. The molecule has 0 atom stereocenters. The monoisotopic (exact) mass is 415 g/mol. The summed E-state index contributed by atoms with van der Waals surface area (Å²) in [5, 5.41) is 0. The van der Waals surface area contributed by atoms with Crippen LogP contribution in [0.4, 0.5) is 0 Å². The summed E-state index contributed by atoms with van der Waals surface area (Å²) in [7, 11) is -1.92. The van der Waals surface area contributed by atoms with Gasteiger partial charge in [-0.3, -0.25) is 0 Å². The molecule has 2 rings (SSSR count). The van der Waals surface area contributed by atoms with Crippen LogP contribution in [0.25, 0.3) is 0 Å². The van der Waals surface area contributed by atoms with Gasteiger partial charge in [0, 0.05) is 22.5 Å². The average molecular weight is 416 g/mol. The molecular weight excluding hydrogens is 398 g/mol. The summed E-state index contributed by atoms with van der Waals surface area (Å²) in [4.78, 5) is 0.245. The summed E-state index contributed by atoms with van der Waals surface area (Å²) in [6, 6.07) is 14.4. The van der Waals surface area contributed by atoms with Gasteiger partial charge in [-0.15, -0.1) is 0 Å². The van der Waals surface area contributed by atoms with Crippen LogP contribution in [0.5, 0.6) is 5.75 Å². The molecule has 4 nitrogen and oxygen atoms in total. The molecule has 0 amide bonds. The zero-order valence-corrected chi connectivity index (χ0v) is 15.9. The standard InChI is InChI=1S/C16H18BrNO3S2/c1-21-14-6-8-15(9-7-14)23(19,20)18-10-11-22-12-13-4-2-3-5-16(13)17/h2-9,18H,10-12H2,1H3. The number of halogens is 1. The van der Waals surface area contributed by atoms with E-state index in [1.54, 1.807) is 31.0 Å². The van der Waals surface area contributed by atoms with Crippen LogP contribution in [0.15, 0.2) is 57.9 Å². The minimum absolute atomic E-state index is 0.245. The number of thioether (sulfide) groups is 1. The van der Waals surface area contributed by atoms with Gasteiger partial charge in [0.1, 0.15) is 5.75 Å². The molecular formula is C16H18BrNO3S2. The second kappa shape index (κ2) is 8.73. The van der Waals surface area contributed by atoms with E-state index in [0.29, 0.717) is 18.0 Å². The second-order valence-electron chi connectivity index (χ2n) is 4.72. The zero-order valence-electron chi connectivity index (χ0n) is 12.7. The van der Waals surface area contributed by atoms with E-state index in [2.05, 4.69) is 26.7 Å². The quantitative estimate of drug-likeness (QED) is 0.668. The number of rotatable bonds is 8. The highest BCUT2D eigenvalue weighted by Gasteiger charge is 2.13. The highest BCUT2D eigenvalue weighted by atomic mass is 79.9. The maximum Gasteiger partial charge on any atom is 0.240 e. The van der Waals surface area contributed by atoms with Gasteiger partial charge in [0.25, 0.3) is 0 Å². The second-order valence-corrected chi connectivity index (χ2v) is 8.44. The van der Waals surface area contributed by atoms with Crippen LogP contribution in [-0.2, 0) is 15.8 Å². The van der Waals surface area contributed by atoms with E-state index in [0.717, 1.165) is 10.2 Å². The Bertz CT molecular complexity index is 733. The normalized spacial score (nSPS) is 11.4. The number of ether oxygens (including phenoxy) is 1. The Balaban J connectivity index is 1.79. The number of hydrogen-bond acceptors (Lipinski definition) is 4. The molecule has 1 N–H and O–H groups in total. The molecule has 0 bridgehead atoms. The molecule has 0 unspecified atom stereocenters. The lowest BCUT2D eigenvalue weighted by molar-refractivity contribution is 0.414. The Labute approximate surface area is 149 Å². The Morgan fingerprint density at radius 1 is 1.13 bits per heavy atom. The van der Waals surface area contributed by atoms with Crippen LogP contribution in [0.2, 0.25) is 0 Å². The van der Waals surface area contributed by atoms with Crippen molar-refractivity contribution in [2.75, 3.05) is 19.4 Å². The van der Waals surface area contributed by atoms with Gasteiger partial charge in [0.15, 0.2) is 0 Å². The van der Waals surface area contributed by atoms with Crippen LogP contribution in [0.1, 0.15) is 5.56 Å². The molecule has 0 fully saturated rings. The van der Waals surface area contributed by atoms with Crippen molar-refractivity contribution in [2.24, 2.45) is 0 Å². The number of methoxy groups -OCH3 is 1. The fourth-order valence-corrected chi connectivity index (χ4v) is 4.52. The summed E-state index contributed by atoms with van der Waals surface area (Å²) in [6.07, 6.45) is 0. The highest BCUT2D eigenvalue weighted by Crippen LogP contribution is 2.21. The summed E-state index contributed by atoms with van der Waals surface area (Å²) in [6.45, 7) is 0.392. The van der Waals surface area contributed by atoms with Crippen LogP contribution in [0, 0.1) is 0 Å². The van der Waals surface area contributed by atoms with E-state index < -0.39 is 10.0 Å². The first-order valence-corrected chi connectivity index (χ1v) is 10.4. The highest BCUT2D eigenvalue weighted by molar-refractivity contribution is 9.10. The minimum Gasteiger partial charge on any atom is -0.497 e. The molecule has 2 aromatic rings. The molecule has 124 valence electrons. The van der Waals surface area contributed by atoms with Gasteiger partial charge in [-0.05, 0) is 35.9 Å². The van der Waals surface area contributed by atoms with Crippen molar-refractivity contribution in [3.63, 3.8) is 0 Å². The number of hydrogen-bond donors (Lipinski definition) is 1. The molecule has 2 aromatic carbocycles. The fraction of sp³-hybridized carbons (Fsp3) is 0.250. The van der Waals surface area contributed by atoms with Crippen molar-refractivity contribution in [1.82, 2.24) is 4.72 Å². The molecule has 0 saturated heterocycles. The zero-order chi connectivity index (χ0) is 16.7. The Kier molecular flexibility index (Phi) is 6.95. The van der Waals surface area contributed by atoms with Crippen LogP contribution < -0.4 is 9.46 Å². The molecule has 0 aliphatic carbocycles. The molecule has 0 aliphatic rings. The molecule has 0 aromatic heterocycles. The van der Waals surface area contributed by atoms with E-state index >= 15 is 0 Å². The third-order valence-electron chi connectivity index (χ3n) is 3.12. The third kappa shape index (κ3) is 5.53. The van der Waals surface area contributed by atoms with E-state index in [9.17, 15) is 8.42 Å². The predicted molar refractivity (Wildman–Crippen MR) is 98.5 cm³/mol. The van der Waals surface area contributed by atoms with Gasteiger partial charge in [-0.25, -0.2) is 13.1 Å². The Hall–Kier alpha value is -1.02. The molecule has 0 saturated carbocycles. The Morgan fingerprint density at radius 3 is 2.48 bits per heavy atom. The molecule has 0 spiro atoms. The largest absolute Gasteiger partial charge is 0.497 e. The van der Waals surface area contributed by atoms with Crippen molar-refractivity contribution in [3.05, 3.63) is 58.6 Å². The topological polar surface area (TPSA) is 55.4 Å². The number of sulfonamides is 1. The summed E-state index contributed by atoms with van der Waals surface area (Å²) >= 11 is 5.19. The summed E-state index contributed by atoms with van der Waals surface area (Å²) in [5.74, 6) is 2.18. The lowest BCUT2D eigenvalue weighted by Crippen LogP contribution is -2.26. The van der Waals surface area contributed by atoms with Crippen molar-refractivity contribution in [1.29, 1.82) is 0 Å². The van der Waals surface area contributed by atoms with Gasteiger partial charge < -0.3 is 4.74 Å². The van der Waals surface area contributed by atoms with Crippen LogP contribution >= 0.6 is 27.7 Å². The smallest absolute Gasteiger partial charge is 0.240 e. The minimum atomic E-state index is -3.47. The third-order valence-corrected chi connectivity index (χ3v) is 6.38.